The van der Waals surface area contributed by atoms with E-state index in [1.807, 2.05) is 37.3 Å². The zero-order valence-corrected chi connectivity index (χ0v) is 19.0. The Morgan fingerprint density at radius 3 is 2.23 bits per heavy atom. The topological polar surface area (TPSA) is 82.1 Å². The zero-order chi connectivity index (χ0) is 22.7. The van der Waals surface area contributed by atoms with Gasteiger partial charge in [-0.15, -0.1) is 0 Å². The molecule has 0 spiro atoms. The number of carbonyl (C=O) groups excluding carboxylic acids is 3. The van der Waals surface area contributed by atoms with Crippen molar-refractivity contribution in [3.63, 3.8) is 0 Å². The smallest absolute Gasteiger partial charge is 0.410 e. The average Bonchev–Trinajstić information content (AvgIpc) is 2.69. The Morgan fingerprint density at radius 1 is 1.03 bits per heavy atom. The maximum Gasteiger partial charge on any atom is 0.410 e. The van der Waals surface area contributed by atoms with Crippen molar-refractivity contribution in [3.8, 4) is 0 Å². The summed E-state index contributed by atoms with van der Waals surface area (Å²) in [7, 11) is 1.46. The highest BCUT2D eigenvalue weighted by Crippen LogP contribution is 2.15. The molecule has 0 aliphatic heterocycles. The molecule has 1 amide bonds. The van der Waals surface area contributed by atoms with Gasteiger partial charge in [0.1, 0.15) is 18.2 Å². The summed E-state index contributed by atoms with van der Waals surface area (Å²) < 4.78 is 16.1. The number of rotatable bonds is 10. The Hall–Kier alpha value is -2.57. The lowest BCUT2D eigenvalue weighted by Gasteiger charge is -2.28. The van der Waals surface area contributed by atoms with Crippen LogP contribution < -0.4 is 0 Å². The van der Waals surface area contributed by atoms with Crippen molar-refractivity contribution in [2.24, 2.45) is 0 Å². The molecular weight excluding hydrogens is 386 g/mol. The van der Waals surface area contributed by atoms with E-state index in [0.717, 1.165) is 29.7 Å². The number of unbranched alkanes of at least 4 members (excludes halogenated alkanes) is 2. The molecule has 1 aromatic carbocycles. The highest BCUT2D eigenvalue weighted by Gasteiger charge is 2.32. The van der Waals surface area contributed by atoms with Gasteiger partial charge in [0.15, 0.2) is 6.10 Å². The summed E-state index contributed by atoms with van der Waals surface area (Å²) >= 11 is 0. The third kappa shape index (κ3) is 9.29. The summed E-state index contributed by atoms with van der Waals surface area (Å²) in [4.78, 5) is 38.5. The van der Waals surface area contributed by atoms with Gasteiger partial charge in [-0.2, -0.15) is 0 Å². The summed E-state index contributed by atoms with van der Waals surface area (Å²) in [6.45, 7) is 8.92. The van der Waals surface area contributed by atoms with E-state index in [9.17, 15) is 14.4 Å². The summed E-state index contributed by atoms with van der Waals surface area (Å²) in [5, 5.41) is 0. The molecule has 0 bridgehead atoms. The molecule has 0 saturated carbocycles. The number of hydrogen-bond acceptors (Lipinski definition) is 6. The third-order valence-electron chi connectivity index (χ3n) is 4.42. The van der Waals surface area contributed by atoms with Crippen LogP contribution in [-0.4, -0.2) is 47.7 Å². The number of benzene rings is 1. The van der Waals surface area contributed by atoms with Crippen LogP contribution in [0.4, 0.5) is 4.79 Å². The molecule has 30 heavy (non-hydrogen) atoms. The Morgan fingerprint density at radius 2 is 1.67 bits per heavy atom. The Kier molecular flexibility index (Phi) is 10.4. The predicted molar refractivity (Wildman–Crippen MR) is 114 cm³/mol. The summed E-state index contributed by atoms with van der Waals surface area (Å²) in [6, 6.07) is 8.39. The van der Waals surface area contributed by atoms with Crippen LogP contribution in [0.25, 0.3) is 0 Å². The van der Waals surface area contributed by atoms with E-state index in [-0.39, 0.29) is 6.61 Å². The van der Waals surface area contributed by atoms with Gasteiger partial charge in [0.25, 0.3) is 0 Å². The standard InChI is InChI=1S/C23H35NO6/c1-7-8-10-15-19(21(26)28-16-18-13-11-9-12-14-18)29-20(25)17(2)24(6)22(27)30-23(3,4)5/h9,11-14,17,19H,7-8,10,15-16H2,1-6H3/t17-,19+/m0/s1. The van der Waals surface area contributed by atoms with E-state index in [0.29, 0.717) is 6.42 Å². The van der Waals surface area contributed by atoms with Crippen LogP contribution in [0.5, 0.6) is 0 Å². The minimum atomic E-state index is -1.01. The maximum absolute atomic E-state index is 12.6. The molecule has 0 fully saturated rings. The fourth-order valence-electron chi connectivity index (χ4n) is 2.52. The predicted octanol–water partition coefficient (Wildman–Crippen LogP) is 4.48. The second-order valence-corrected chi connectivity index (χ2v) is 8.28. The normalized spacial score (nSPS) is 13.1. The fraction of sp³-hybridized carbons (Fsp3) is 0.609. The van der Waals surface area contributed by atoms with E-state index in [1.54, 1.807) is 20.8 Å². The van der Waals surface area contributed by atoms with Crippen molar-refractivity contribution in [2.75, 3.05) is 7.05 Å². The minimum Gasteiger partial charge on any atom is -0.458 e. The van der Waals surface area contributed by atoms with Crippen LogP contribution in [0, 0.1) is 0 Å². The summed E-state index contributed by atoms with van der Waals surface area (Å²) in [6.07, 6.45) is 1.33. The molecular formula is C23H35NO6. The van der Waals surface area contributed by atoms with E-state index in [2.05, 4.69) is 0 Å². The van der Waals surface area contributed by atoms with Gasteiger partial charge in [0.2, 0.25) is 0 Å². The Balaban J connectivity index is 2.73. The quantitative estimate of drug-likeness (QED) is 0.315. The van der Waals surface area contributed by atoms with Gasteiger partial charge in [-0.1, -0.05) is 50.1 Å². The Bertz CT molecular complexity index is 683. The maximum atomic E-state index is 12.6. The number of carbonyl (C=O) groups is 3. The van der Waals surface area contributed by atoms with Crippen molar-refractivity contribution in [3.05, 3.63) is 35.9 Å². The number of amides is 1. The van der Waals surface area contributed by atoms with Gasteiger partial charge in [-0.05, 0) is 46.1 Å². The van der Waals surface area contributed by atoms with Crippen molar-refractivity contribution in [1.29, 1.82) is 0 Å². The van der Waals surface area contributed by atoms with Crippen LogP contribution >= 0.6 is 0 Å². The fourth-order valence-corrected chi connectivity index (χ4v) is 2.52. The minimum absolute atomic E-state index is 0.106. The van der Waals surface area contributed by atoms with Crippen molar-refractivity contribution < 1.29 is 28.6 Å². The first kappa shape index (κ1) is 25.5. The van der Waals surface area contributed by atoms with Crippen LogP contribution in [0.3, 0.4) is 0 Å². The monoisotopic (exact) mass is 421 g/mol. The van der Waals surface area contributed by atoms with Crippen LogP contribution in [0.1, 0.15) is 65.9 Å². The lowest BCUT2D eigenvalue weighted by Crippen LogP contribution is -2.45. The molecule has 7 nitrogen and oxygen atoms in total. The average molecular weight is 422 g/mol. The van der Waals surface area contributed by atoms with E-state index in [1.165, 1.54) is 14.0 Å². The SMILES string of the molecule is CCCCC[C@@H](OC(=O)[C@H](C)N(C)C(=O)OC(C)(C)C)C(=O)OCc1ccccc1. The summed E-state index contributed by atoms with van der Waals surface area (Å²) in [5.74, 6) is -1.27. The second kappa shape index (κ2) is 12.2. The number of likely N-dealkylation sites (N-methyl/N-ethyl adjacent to an activating group) is 1. The molecule has 0 aliphatic carbocycles. The lowest BCUT2D eigenvalue weighted by molar-refractivity contribution is -0.171. The van der Waals surface area contributed by atoms with E-state index < -0.39 is 35.8 Å². The molecule has 168 valence electrons. The molecule has 0 unspecified atom stereocenters. The molecule has 0 aromatic heterocycles. The zero-order valence-electron chi connectivity index (χ0n) is 19.0. The van der Waals surface area contributed by atoms with Crippen LogP contribution in [0.15, 0.2) is 30.3 Å². The number of hydrogen-bond donors (Lipinski definition) is 0. The van der Waals surface area contributed by atoms with Gasteiger partial charge in [-0.3, -0.25) is 4.90 Å². The van der Waals surface area contributed by atoms with Gasteiger partial charge >= 0.3 is 18.0 Å². The van der Waals surface area contributed by atoms with E-state index >= 15 is 0 Å². The molecule has 7 heteroatoms. The van der Waals surface area contributed by atoms with E-state index in [4.69, 9.17) is 14.2 Å². The third-order valence-corrected chi connectivity index (χ3v) is 4.42. The molecule has 0 aliphatic rings. The van der Waals surface area contributed by atoms with Gasteiger partial charge in [0.05, 0.1) is 0 Å². The van der Waals surface area contributed by atoms with Gasteiger partial charge in [0, 0.05) is 7.05 Å². The molecule has 1 aromatic rings. The largest absolute Gasteiger partial charge is 0.458 e. The number of esters is 2. The van der Waals surface area contributed by atoms with Gasteiger partial charge in [-0.25, -0.2) is 14.4 Å². The number of ether oxygens (including phenoxy) is 3. The molecule has 2 atom stereocenters. The summed E-state index contributed by atoms with van der Waals surface area (Å²) in [5.41, 5.74) is 0.168. The second-order valence-electron chi connectivity index (χ2n) is 8.28. The first-order chi connectivity index (χ1) is 14.0. The first-order valence-corrected chi connectivity index (χ1v) is 10.4. The van der Waals surface area contributed by atoms with Crippen molar-refractivity contribution in [1.82, 2.24) is 4.90 Å². The molecule has 0 radical (unpaired) electrons. The van der Waals surface area contributed by atoms with Crippen molar-refractivity contribution >= 4 is 18.0 Å². The first-order valence-electron chi connectivity index (χ1n) is 10.4. The van der Waals surface area contributed by atoms with Gasteiger partial charge < -0.3 is 14.2 Å². The number of nitrogens with zero attached hydrogens (tertiary/aromatic N) is 1. The Labute approximate surface area is 179 Å². The van der Waals surface area contributed by atoms with Crippen LogP contribution in [-0.2, 0) is 30.4 Å². The lowest BCUT2D eigenvalue weighted by atomic mass is 10.1. The van der Waals surface area contributed by atoms with Crippen LogP contribution in [0.2, 0.25) is 0 Å². The highest BCUT2D eigenvalue weighted by atomic mass is 16.6. The molecule has 0 heterocycles. The van der Waals surface area contributed by atoms with Crippen molar-refractivity contribution in [2.45, 2.75) is 84.7 Å². The molecule has 0 saturated heterocycles. The molecule has 1 rings (SSSR count). The highest BCUT2D eigenvalue weighted by molar-refractivity contribution is 5.84. The molecule has 0 N–H and O–H groups in total.